The molecule has 0 bridgehead atoms. The van der Waals surface area contributed by atoms with E-state index in [4.69, 9.17) is 37.4 Å². The molecule has 0 atom stereocenters. The number of fused-ring (bicyclic) bond motifs is 1. The number of ether oxygens (including phenoxy) is 3. The SMILES string of the molecule is COc1cc(Nc2c(C#N)cnc3cc(F)c(OCCN4CCOCC4)cc23)c(Cl)cc1Cl. The zero-order chi connectivity index (χ0) is 23.4. The predicted molar refractivity (Wildman–Crippen MR) is 125 cm³/mol. The lowest BCUT2D eigenvalue weighted by molar-refractivity contribution is 0.0320. The second kappa shape index (κ2) is 10.4. The molecule has 2 heterocycles. The number of aromatic nitrogens is 1. The fourth-order valence-corrected chi connectivity index (χ4v) is 4.06. The van der Waals surface area contributed by atoms with Crippen molar-refractivity contribution in [3.05, 3.63) is 51.9 Å². The molecule has 1 N–H and O–H groups in total. The van der Waals surface area contributed by atoms with Crippen LogP contribution in [-0.2, 0) is 4.74 Å². The number of benzene rings is 2. The van der Waals surface area contributed by atoms with Gasteiger partial charge >= 0.3 is 0 Å². The van der Waals surface area contributed by atoms with Crippen molar-refractivity contribution in [1.29, 1.82) is 5.26 Å². The Morgan fingerprint density at radius 2 is 1.97 bits per heavy atom. The fraction of sp³-hybridized carbons (Fsp3) is 0.304. The van der Waals surface area contributed by atoms with E-state index in [0.717, 1.165) is 13.1 Å². The summed E-state index contributed by atoms with van der Waals surface area (Å²) in [6, 6.07) is 8.11. The first-order valence-electron chi connectivity index (χ1n) is 10.3. The molecule has 7 nitrogen and oxygen atoms in total. The summed E-state index contributed by atoms with van der Waals surface area (Å²) in [5.41, 5.74) is 1.53. The van der Waals surface area contributed by atoms with Crippen LogP contribution >= 0.6 is 23.2 Å². The van der Waals surface area contributed by atoms with Crippen LogP contribution in [0, 0.1) is 17.1 Å². The molecule has 10 heteroatoms. The van der Waals surface area contributed by atoms with Gasteiger partial charge in [-0.05, 0) is 12.1 Å². The molecule has 1 aromatic heterocycles. The smallest absolute Gasteiger partial charge is 0.167 e. The molecule has 0 radical (unpaired) electrons. The molecule has 4 rings (SSSR count). The molecular formula is C23H21Cl2FN4O3. The van der Waals surface area contributed by atoms with Gasteiger partial charge in [0.05, 0.1) is 52.8 Å². The van der Waals surface area contributed by atoms with E-state index in [9.17, 15) is 9.65 Å². The lowest BCUT2D eigenvalue weighted by atomic mass is 10.1. The number of methoxy groups -OCH3 is 1. The lowest BCUT2D eigenvalue weighted by Gasteiger charge is -2.26. The van der Waals surface area contributed by atoms with E-state index in [1.165, 1.54) is 19.4 Å². The Morgan fingerprint density at radius 3 is 2.70 bits per heavy atom. The maximum absolute atomic E-state index is 14.7. The van der Waals surface area contributed by atoms with Gasteiger partial charge in [0.15, 0.2) is 11.6 Å². The molecule has 2 aromatic carbocycles. The standard InChI is InChI=1S/C23H21Cl2FN4O3/c1-31-21-11-20(16(24)9-17(21)25)29-23-14(12-27)13-28-19-10-18(26)22(8-15(19)23)33-7-4-30-2-5-32-6-3-30/h8-11,13H,2-7H2,1H3,(H,28,29). The molecule has 1 fully saturated rings. The van der Waals surface area contributed by atoms with Crippen LogP contribution < -0.4 is 14.8 Å². The zero-order valence-electron chi connectivity index (χ0n) is 17.8. The van der Waals surface area contributed by atoms with Crippen LogP contribution in [-0.4, -0.2) is 56.4 Å². The van der Waals surface area contributed by atoms with Crippen molar-refractivity contribution in [2.45, 2.75) is 0 Å². The van der Waals surface area contributed by atoms with Crippen LogP contribution in [0.1, 0.15) is 5.56 Å². The third kappa shape index (κ3) is 5.23. The Morgan fingerprint density at radius 1 is 1.18 bits per heavy atom. The minimum absolute atomic E-state index is 0.0792. The Bertz CT molecular complexity index is 1210. The van der Waals surface area contributed by atoms with E-state index in [0.29, 0.717) is 64.4 Å². The van der Waals surface area contributed by atoms with Gasteiger partial charge in [-0.1, -0.05) is 23.2 Å². The average molecular weight is 491 g/mol. The number of rotatable bonds is 7. The van der Waals surface area contributed by atoms with Gasteiger partial charge < -0.3 is 19.5 Å². The molecule has 0 saturated carbocycles. The van der Waals surface area contributed by atoms with Gasteiger partial charge in [-0.3, -0.25) is 9.88 Å². The fourth-order valence-electron chi connectivity index (χ4n) is 3.55. The van der Waals surface area contributed by atoms with Crippen molar-refractivity contribution >= 4 is 45.5 Å². The Balaban J connectivity index is 1.66. The first-order valence-corrected chi connectivity index (χ1v) is 11.0. The van der Waals surface area contributed by atoms with Gasteiger partial charge in [0.2, 0.25) is 0 Å². The highest BCUT2D eigenvalue weighted by Crippen LogP contribution is 2.38. The second-order valence-corrected chi connectivity index (χ2v) is 8.17. The molecule has 33 heavy (non-hydrogen) atoms. The molecule has 0 aliphatic carbocycles. The van der Waals surface area contributed by atoms with Gasteiger partial charge in [-0.2, -0.15) is 5.26 Å². The van der Waals surface area contributed by atoms with Crippen molar-refractivity contribution in [1.82, 2.24) is 9.88 Å². The number of nitrogens with zero attached hydrogens (tertiary/aromatic N) is 3. The molecule has 0 spiro atoms. The van der Waals surface area contributed by atoms with Crippen molar-refractivity contribution in [3.8, 4) is 17.6 Å². The van der Waals surface area contributed by atoms with Crippen LogP contribution in [0.4, 0.5) is 15.8 Å². The molecule has 3 aromatic rings. The quantitative estimate of drug-likeness (QED) is 0.498. The number of halogens is 3. The number of anilines is 2. The van der Waals surface area contributed by atoms with Crippen molar-refractivity contribution in [3.63, 3.8) is 0 Å². The van der Waals surface area contributed by atoms with E-state index >= 15 is 0 Å². The number of nitriles is 1. The van der Waals surface area contributed by atoms with Crippen LogP contribution in [0.3, 0.4) is 0 Å². The number of morpholine rings is 1. The second-order valence-electron chi connectivity index (χ2n) is 7.35. The van der Waals surface area contributed by atoms with E-state index in [-0.39, 0.29) is 11.3 Å². The van der Waals surface area contributed by atoms with Crippen LogP contribution in [0.2, 0.25) is 10.0 Å². The largest absolute Gasteiger partial charge is 0.495 e. The highest BCUT2D eigenvalue weighted by molar-refractivity contribution is 6.37. The lowest BCUT2D eigenvalue weighted by Crippen LogP contribution is -2.38. The minimum atomic E-state index is -0.529. The third-order valence-corrected chi connectivity index (χ3v) is 5.92. The topological polar surface area (TPSA) is 79.6 Å². The minimum Gasteiger partial charge on any atom is -0.495 e. The summed E-state index contributed by atoms with van der Waals surface area (Å²) in [5.74, 6) is -0.0343. The predicted octanol–water partition coefficient (Wildman–Crippen LogP) is 5.02. The normalized spacial score (nSPS) is 14.2. The number of hydrogen-bond acceptors (Lipinski definition) is 7. The van der Waals surface area contributed by atoms with Gasteiger partial charge in [0.1, 0.15) is 18.4 Å². The first-order chi connectivity index (χ1) is 16.0. The zero-order valence-corrected chi connectivity index (χ0v) is 19.3. The summed E-state index contributed by atoms with van der Waals surface area (Å²) < 4.78 is 31.0. The third-order valence-electron chi connectivity index (χ3n) is 5.31. The van der Waals surface area contributed by atoms with Gasteiger partial charge in [-0.25, -0.2) is 4.39 Å². The Labute approximate surface area is 200 Å². The molecule has 0 amide bonds. The van der Waals surface area contributed by atoms with E-state index in [1.807, 2.05) is 0 Å². The summed E-state index contributed by atoms with van der Waals surface area (Å²) in [5, 5.41) is 14.0. The maximum atomic E-state index is 14.7. The van der Waals surface area contributed by atoms with E-state index in [1.54, 1.807) is 18.2 Å². The van der Waals surface area contributed by atoms with Crippen LogP contribution in [0.15, 0.2) is 30.5 Å². The first kappa shape index (κ1) is 23.3. The summed E-state index contributed by atoms with van der Waals surface area (Å²) in [6.45, 7) is 3.97. The number of pyridine rings is 1. The molecule has 1 aliphatic heterocycles. The molecule has 1 aliphatic rings. The van der Waals surface area contributed by atoms with Crippen molar-refractivity contribution < 1.29 is 18.6 Å². The summed E-state index contributed by atoms with van der Waals surface area (Å²) in [6.07, 6.45) is 1.38. The molecule has 0 unspecified atom stereocenters. The van der Waals surface area contributed by atoms with Gasteiger partial charge in [0, 0.05) is 43.4 Å². The molecule has 172 valence electrons. The van der Waals surface area contributed by atoms with Gasteiger partial charge in [0.25, 0.3) is 0 Å². The van der Waals surface area contributed by atoms with Crippen LogP contribution in [0.25, 0.3) is 10.9 Å². The highest BCUT2D eigenvalue weighted by Gasteiger charge is 2.17. The van der Waals surface area contributed by atoms with E-state index < -0.39 is 5.82 Å². The number of nitrogens with one attached hydrogen (secondary N) is 1. The summed E-state index contributed by atoms with van der Waals surface area (Å²) >= 11 is 12.5. The highest BCUT2D eigenvalue weighted by atomic mass is 35.5. The monoisotopic (exact) mass is 490 g/mol. The van der Waals surface area contributed by atoms with Crippen molar-refractivity contribution in [2.75, 3.05) is 51.9 Å². The van der Waals surface area contributed by atoms with Gasteiger partial charge in [-0.15, -0.1) is 0 Å². The summed E-state index contributed by atoms with van der Waals surface area (Å²) in [4.78, 5) is 6.42. The maximum Gasteiger partial charge on any atom is 0.167 e. The Kier molecular flexibility index (Phi) is 7.36. The average Bonchev–Trinajstić information content (AvgIpc) is 2.82. The summed E-state index contributed by atoms with van der Waals surface area (Å²) in [7, 11) is 1.49. The molecular weight excluding hydrogens is 470 g/mol. The number of hydrogen-bond donors (Lipinski definition) is 1. The van der Waals surface area contributed by atoms with Crippen LogP contribution in [0.5, 0.6) is 11.5 Å². The van der Waals surface area contributed by atoms with Crippen molar-refractivity contribution in [2.24, 2.45) is 0 Å². The molecule has 1 saturated heterocycles. The Hall–Kier alpha value is -2.83. The van der Waals surface area contributed by atoms with E-state index in [2.05, 4.69) is 21.3 Å².